The second-order valence-corrected chi connectivity index (χ2v) is 23.9. The first-order valence-electron chi connectivity index (χ1n) is 22.9. The van der Waals surface area contributed by atoms with Crippen LogP contribution in [0.4, 0.5) is 0 Å². The van der Waals surface area contributed by atoms with E-state index >= 15 is 0 Å². The normalized spacial score (nSPS) is 19.2. The summed E-state index contributed by atoms with van der Waals surface area (Å²) in [6.45, 7) is 0. The van der Waals surface area contributed by atoms with Crippen molar-refractivity contribution in [2.45, 2.75) is 163 Å². The van der Waals surface area contributed by atoms with Crippen LogP contribution < -0.4 is 0 Å². The van der Waals surface area contributed by atoms with Crippen LogP contribution in [0.1, 0.15) is 151 Å². The molecule has 0 saturated heterocycles. The first-order valence-corrected chi connectivity index (χ1v) is 26.6. The number of carbonyl (C=O) groups is 1. The van der Waals surface area contributed by atoms with Crippen LogP contribution in [-0.4, -0.2) is 28.4 Å². The minimum atomic E-state index is -0.365. The molecule has 8 rings (SSSR count). The van der Waals surface area contributed by atoms with Crippen molar-refractivity contribution in [1.82, 2.24) is 0 Å². The molecule has 0 N–H and O–H groups in total. The van der Waals surface area contributed by atoms with Crippen LogP contribution in [0, 0.1) is 0 Å². The number of allylic oxidation sites excluding steroid dienone is 2. The molecule has 0 heterocycles. The van der Waals surface area contributed by atoms with Crippen molar-refractivity contribution in [2.24, 2.45) is 0 Å². The van der Waals surface area contributed by atoms with E-state index in [0.29, 0.717) is 0 Å². The van der Waals surface area contributed by atoms with Gasteiger partial charge in [0.15, 0.2) is 5.78 Å². The molecule has 4 aromatic carbocycles. The molecule has 0 unspecified atom stereocenters. The van der Waals surface area contributed by atoms with Gasteiger partial charge in [-0.1, -0.05) is 135 Å². The number of hydrogen-bond donors (Lipinski definition) is 0. The number of hydrogen-bond acceptors (Lipinski definition) is 1. The second-order valence-electron chi connectivity index (χ2n) is 17.7. The monoisotopic (exact) mass is 890 g/mol. The van der Waals surface area contributed by atoms with Crippen LogP contribution in [0.25, 0.3) is 22.9 Å². The van der Waals surface area contributed by atoms with Crippen LogP contribution in [0.3, 0.4) is 0 Å². The number of ketones is 1. The maximum absolute atomic E-state index is 11.6. The van der Waals surface area contributed by atoms with E-state index < -0.39 is 0 Å². The molecule has 4 aliphatic rings. The predicted octanol–water partition coefficient (Wildman–Crippen LogP) is 15.6. The number of fused-ring (bicyclic) bond motifs is 1. The van der Waals surface area contributed by atoms with Gasteiger partial charge in [-0.3, -0.25) is 4.79 Å². The molecule has 0 radical (unpaired) electrons. The molecule has 4 aromatic rings. The molecule has 57 heavy (non-hydrogen) atoms. The van der Waals surface area contributed by atoms with Crippen LogP contribution in [-0.2, 0) is 37.5 Å². The van der Waals surface area contributed by atoms with E-state index in [2.05, 4.69) is 36.4 Å². The van der Waals surface area contributed by atoms with E-state index in [0.717, 1.165) is 33.8 Å². The largest absolute Gasteiger partial charge is 0.290 e. The van der Waals surface area contributed by atoms with Gasteiger partial charge in [0.2, 0.25) is 0 Å². The molecule has 4 fully saturated rings. The second kappa shape index (κ2) is 24.2. The Balaban J connectivity index is 0.000000244. The van der Waals surface area contributed by atoms with Crippen LogP contribution in [0.5, 0.6) is 0 Å². The summed E-state index contributed by atoms with van der Waals surface area (Å²) in [5.74, 6) is -0.0114. The Hall–Kier alpha value is -2.19. The molecular weight excluding hydrogens is 821 g/mol. The fraction of sp³-hybridized carbons (Fsp3) is 0.491. The smallest absolute Gasteiger partial charge is 0.178 e. The van der Waals surface area contributed by atoms with Gasteiger partial charge in [0.25, 0.3) is 0 Å². The van der Waals surface area contributed by atoms with Gasteiger partial charge in [-0.2, -0.15) is 0 Å². The summed E-state index contributed by atoms with van der Waals surface area (Å²) < 4.78 is 0. The molecule has 0 atom stereocenters. The minimum Gasteiger partial charge on any atom is -0.290 e. The van der Waals surface area contributed by atoms with Crippen molar-refractivity contribution >= 4 is 44.6 Å². The Morgan fingerprint density at radius 1 is 0.439 bits per heavy atom. The van der Waals surface area contributed by atoms with E-state index in [9.17, 15) is 4.79 Å². The summed E-state index contributed by atoms with van der Waals surface area (Å²) >= 11 is 0. The molecule has 4 heteroatoms. The fourth-order valence-electron chi connectivity index (χ4n) is 10.9. The quantitative estimate of drug-likeness (QED) is 0.0787. The van der Waals surface area contributed by atoms with Gasteiger partial charge >= 0.3 is 0 Å². The van der Waals surface area contributed by atoms with Gasteiger partial charge in [-0.15, -0.1) is 0 Å². The van der Waals surface area contributed by atoms with E-state index in [-0.39, 0.29) is 42.0 Å². The Morgan fingerprint density at radius 2 is 0.772 bits per heavy atom. The van der Waals surface area contributed by atoms with Crippen molar-refractivity contribution in [3.63, 3.8) is 0 Å². The SMILES string of the molecule is O=C(/C=C/c1ccccc1)/C=C/c1ccccc1.[Pd].c1cc(C[PH+](C2CCCCC2)C2CCCCC2)c2c(C[PH+](C3CCCCC3)C3CCCCC3)cccc2c1. The standard InChI is InChI=1S/C36H54P2.C17H14O.Pd/c1-5-19-32(20-6-1)37(33-21-7-2-8-22-33)27-30-17-13-15-29-16-14-18-31(36(29)30)28-38(34-23-9-3-10-24-34)35-25-11-4-12-26-35;18-17(13-11-15-7-3-1-4-8-15)14-12-16-9-5-2-6-10-16;/h13-18,32-35H,1-12,19-28H2;1-14H;/p+2/b;13-11+,14-12+;. The summed E-state index contributed by atoms with van der Waals surface area (Å²) in [6.07, 6.45) is 40.3. The topological polar surface area (TPSA) is 17.1 Å². The molecule has 0 aromatic heterocycles. The third-order valence-corrected chi connectivity index (χ3v) is 21.9. The van der Waals surface area contributed by atoms with E-state index in [1.165, 1.54) is 89.4 Å². The average Bonchev–Trinajstić information content (AvgIpc) is 3.28. The number of rotatable bonds is 12. The van der Waals surface area contributed by atoms with Gasteiger partial charge in [0.05, 0.1) is 35.0 Å². The fourth-order valence-corrected chi connectivity index (χ4v) is 19.5. The molecule has 4 aliphatic carbocycles. The van der Waals surface area contributed by atoms with Crippen LogP contribution in [0.15, 0.2) is 109 Å². The van der Waals surface area contributed by atoms with Gasteiger partial charge in [-0.25, -0.2) is 0 Å². The van der Waals surface area contributed by atoms with Crippen LogP contribution in [0.2, 0.25) is 0 Å². The molecule has 0 amide bonds. The minimum absolute atomic E-state index is 0. The molecule has 306 valence electrons. The van der Waals surface area contributed by atoms with Gasteiger partial charge in [0, 0.05) is 36.3 Å². The van der Waals surface area contributed by atoms with Gasteiger partial charge in [0.1, 0.15) is 0 Å². The molecule has 0 bridgehead atoms. The van der Waals surface area contributed by atoms with Gasteiger partial charge in [-0.05, 0) is 148 Å². The summed E-state index contributed by atoms with van der Waals surface area (Å²) in [6, 6.07) is 34.5. The molecular formula is C53H70OP2Pd+2. The first kappa shape index (κ1) is 44.4. The third kappa shape index (κ3) is 13.4. The zero-order valence-corrected chi connectivity index (χ0v) is 38.2. The van der Waals surface area contributed by atoms with Crippen molar-refractivity contribution in [3.8, 4) is 0 Å². The maximum Gasteiger partial charge on any atom is 0.178 e. The predicted molar refractivity (Wildman–Crippen MR) is 251 cm³/mol. The summed E-state index contributed by atoms with van der Waals surface area (Å²) in [7, 11) is -0.729. The first-order chi connectivity index (χ1) is 27.7. The van der Waals surface area contributed by atoms with E-state index in [1.807, 2.05) is 72.8 Å². The Kier molecular flexibility index (Phi) is 18.8. The van der Waals surface area contributed by atoms with Crippen LogP contribution >= 0.6 is 15.8 Å². The number of carbonyl (C=O) groups excluding carboxylic acids is 1. The van der Waals surface area contributed by atoms with E-state index in [4.69, 9.17) is 0 Å². The molecule has 1 nitrogen and oxygen atoms in total. The summed E-state index contributed by atoms with van der Waals surface area (Å²) in [5.41, 5.74) is 9.95. The number of benzene rings is 4. The zero-order chi connectivity index (χ0) is 38.2. The van der Waals surface area contributed by atoms with Crippen molar-refractivity contribution < 1.29 is 25.2 Å². The maximum atomic E-state index is 11.6. The van der Waals surface area contributed by atoms with Gasteiger partial charge < -0.3 is 0 Å². The Bertz CT molecular complexity index is 1650. The Morgan fingerprint density at radius 3 is 1.11 bits per heavy atom. The summed E-state index contributed by atoms with van der Waals surface area (Å²) in [5, 5.41) is 3.29. The molecule has 4 saturated carbocycles. The molecule has 0 spiro atoms. The van der Waals surface area contributed by atoms with Crippen molar-refractivity contribution in [1.29, 1.82) is 0 Å². The third-order valence-electron chi connectivity index (χ3n) is 13.9. The molecule has 0 aliphatic heterocycles. The van der Waals surface area contributed by atoms with Crippen molar-refractivity contribution in [2.75, 3.05) is 0 Å². The van der Waals surface area contributed by atoms with E-state index in [1.54, 1.807) is 85.4 Å². The van der Waals surface area contributed by atoms with Crippen molar-refractivity contribution in [3.05, 3.63) is 131 Å². The average molecular weight is 892 g/mol. The zero-order valence-electron chi connectivity index (χ0n) is 34.6. The summed E-state index contributed by atoms with van der Waals surface area (Å²) in [4.78, 5) is 11.6. The Labute approximate surface area is 362 Å².